The van der Waals surface area contributed by atoms with E-state index in [0.29, 0.717) is 17.4 Å². The lowest BCUT2D eigenvalue weighted by Crippen LogP contribution is -2.43. The number of aromatic hydroxyl groups is 1. The highest BCUT2D eigenvalue weighted by Crippen LogP contribution is 2.27. The van der Waals surface area contributed by atoms with Crippen molar-refractivity contribution in [2.75, 3.05) is 6.54 Å². The van der Waals surface area contributed by atoms with Crippen LogP contribution in [-0.2, 0) is 16.0 Å². The van der Waals surface area contributed by atoms with Crippen molar-refractivity contribution in [3.8, 4) is 5.75 Å². The van der Waals surface area contributed by atoms with E-state index >= 15 is 0 Å². The maximum atomic E-state index is 11.8. The summed E-state index contributed by atoms with van der Waals surface area (Å²) >= 11 is 6.54. The molecular weight excluding hydrogens is 394 g/mol. The number of phenolic OH excluding ortho intramolecular Hbond substituents is 1. The highest BCUT2D eigenvalue weighted by Gasteiger charge is 2.36. The predicted octanol–water partition coefficient (Wildman–Crippen LogP) is 2.15. The Labute approximate surface area is 132 Å². The Balaban J connectivity index is 2.19. The second-order valence-electron chi connectivity index (χ2n) is 4.69. The van der Waals surface area contributed by atoms with Crippen molar-refractivity contribution in [1.82, 2.24) is 4.90 Å². The van der Waals surface area contributed by atoms with Gasteiger partial charge >= 0.3 is 5.97 Å². The summed E-state index contributed by atoms with van der Waals surface area (Å²) < 4.78 is 0.505. The molecule has 1 aromatic carbocycles. The van der Waals surface area contributed by atoms with Crippen molar-refractivity contribution >= 4 is 43.7 Å². The topological polar surface area (TPSA) is 77.8 Å². The molecule has 1 saturated heterocycles. The van der Waals surface area contributed by atoms with Gasteiger partial charge in [-0.05, 0) is 33.6 Å². The molecule has 0 radical (unpaired) electrons. The number of halogens is 2. The molecule has 0 aromatic heterocycles. The van der Waals surface area contributed by atoms with Gasteiger partial charge in [0.1, 0.15) is 11.8 Å². The first-order valence-corrected chi connectivity index (χ1v) is 7.73. The number of carboxylic acids is 1. The molecule has 0 saturated carbocycles. The van der Waals surface area contributed by atoms with E-state index in [4.69, 9.17) is 0 Å². The molecule has 1 fully saturated rings. The van der Waals surface area contributed by atoms with Crippen LogP contribution in [-0.4, -0.2) is 44.4 Å². The second-order valence-corrected chi connectivity index (χ2v) is 6.84. The van der Waals surface area contributed by atoms with Crippen LogP contribution < -0.4 is 0 Å². The second kappa shape index (κ2) is 6.13. The van der Waals surface area contributed by atoms with Gasteiger partial charge in [-0.2, -0.15) is 0 Å². The Morgan fingerprint density at radius 2 is 2.20 bits per heavy atom. The molecule has 2 N–H and O–H groups in total. The lowest BCUT2D eigenvalue weighted by atomic mass is 10.0. The Bertz CT molecular complexity index is 549. The normalized spacial score (nSPS) is 20.2. The summed E-state index contributed by atoms with van der Waals surface area (Å²) in [5, 5.41) is 18.8. The zero-order valence-electron chi connectivity index (χ0n) is 10.4. The number of rotatable bonds is 4. The molecule has 0 aliphatic carbocycles. The summed E-state index contributed by atoms with van der Waals surface area (Å²) in [6.45, 7) is 0.398. The largest absolute Gasteiger partial charge is 0.507 e. The molecule has 1 unspecified atom stereocenters. The van der Waals surface area contributed by atoms with Crippen LogP contribution >= 0.6 is 31.9 Å². The van der Waals surface area contributed by atoms with Gasteiger partial charge in [-0.25, -0.2) is 4.79 Å². The Morgan fingerprint density at radius 1 is 1.50 bits per heavy atom. The van der Waals surface area contributed by atoms with Crippen LogP contribution in [0.4, 0.5) is 0 Å². The van der Waals surface area contributed by atoms with E-state index in [-0.39, 0.29) is 22.9 Å². The third-order valence-electron chi connectivity index (χ3n) is 3.21. The highest BCUT2D eigenvalue weighted by molar-refractivity contribution is 9.10. The van der Waals surface area contributed by atoms with Crippen molar-refractivity contribution in [3.63, 3.8) is 0 Å². The summed E-state index contributed by atoms with van der Waals surface area (Å²) in [5.41, 5.74) is 0.743. The quantitative estimate of drug-likeness (QED) is 0.751. The van der Waals surface area contributed by atoms with Gasteiger partial charge in [0.25, 0.3) is 0 Å². The van der Waals surface area contributed by atoms with Crippen LogP contribution in [0.2, 0.25) is 0 Å². The Morgan fingerprint density at radius 3 is 2.70 bits per heavy atom. The predicted molar refractivity (Wildman–Crippen MR) is 80.0 cm³/mol. The first-order chi connectivity index (χ1) is 9.38. The van der Waals surface area contributed by atoms with Crippen LogP contribution in [0.5, 0.6) is 5.75 Å². The SMILES string of the molecule is O=C(O)[C@H](Cc1ccc(O)c(Br)c1)N1CC(Br)CC1=O. The van der Waals surface area contributed by atoms with Gasteiger partial charge in [-0.1, -0.05) is 22.0 Å². The number of amides is 1. The molecule has 1 amide bonds. The molecule has 1 aliphatic heterocycles. The average Bonchev–Trinajstić information content (AvgIpc) is 2.69. The number of phenols is 1. The third-order valence-corrected chi connectivity index (χ3v) is 4.46. The molecule has 1 aromatic rings. The van der Waals surface area contributed by atoms with Gasteiger partial charge in [0.05, 0.1) is 4.47 Å². The van der Waals surface area contributed by atoms with Crippen molar-refractivity contribution < 1.29 is 19.8 Å². The van der Waals surface area contributed by atoms with E-state index in [1.165, 1.54) is 11.0 Å². The Hall–Kier alpha value is -1.08. The van der Waals surface area contributed by atoms with Gasteiger partial charge < -0.3 is 15.1 Å². The molecule has 2 atom stereocenters. The van der Waals surface area contributed by atoms with Gasteiger partial charge in [-0.3, -0.25) is 4.79 Å². The zero-order chi connectivity index (χ0) is 14.9. The Kier molecular flexibility index (Phi) is 4.70. The number of carbonyl (C=O) groups is 2. The van der Waals surface area contributed by atoms with E-state index in [0.717, 1.165) is 5.56 Å². The number of carboxylic acid groups (broad SMARTS) is 1. The summed E-state index contributed by atoms with van der Waals surface area (Å²) in [5.74, 6) is -1.08. The van der Waals surface area contributed by atoms with Gasteiger partial charge in [0, 0.05) is 24.2 Å². The number of hydrogen-bond donors (Lipinski definition) is 2. The van der Waals surface area contributed by atoms with Crippen molar-refractivity contribution in [1.29, 1.82) is 0 Å². The molecule has 20 heavy (non-hydrogen) atoms. The number of benzene rings is 1. The molecule has 0 spiro atoms. The lowest BCUT2D eigenvalue weighted by molar-refractivity contribution is -0.148. The molecule has 7 heteroatoms. The van der Waals surface area contributed by atoms with Crippen LogP contribution in [0, 0.1) is 0 Å². The van der Waals surface area contributed by atoms with E-state index in [1.54, 1.807) is 12.1 Å². The van der Waals surface area contributed by atoms with Crippen LogP contribution in [0.3, 0.4) is 0 Å². The molecule has 0 bridgehead atoms. The van der Waals surface area contributed by atoms with Crippen molar-refractivity contribution in [2.24, 2.45) is 0 Å². The fourth-order valence-electron chi connectivity index (χ4n) is 2.22. The van der Waals surface area contributed by atoms with Gasteiger partial charge in [0.2, 0.25) is 5.91 Å². The molecule has 1 heterocycles. The van der Waals surface area contributed by atoms with Crippen molar-refractivity contribution in [3.05, 3.63) is 28.2 Å². The number of carbonyl (C=O) groups excluding carboxylic acids is 1. The van der Waals surface area contributed by atoms with E-state index in [2.05, 4.69) is 31.9 Å². The van der Waals surface area contributed by atoms with Crippen molar-refractivity contribution in [2.45, 2.75) is 23.7 Å². The third kappa shape index (κ3) is 3.32. The zero-order valence-corrected chi connectivity index (χ0v) is 13.6. The lowest BCUT2D eigenvalue weighted by Gasteiger charge is -2.24. The minimum Gasteiger partial charge on any atom is -0.507 e. The summed E-state index contributed by atoms with van der Waals surface area (Å²) in [6.07, 6.45) is 0.530. The fourth-order valence-corrected chi connectivity index (χ4v) is 3.23. The molecular formula is C13H13Br2NO4. The molecule has 2 rings (SSSR count). The minimum atomic E-state index is -1.02. The van der Waals surface area contributed by atoms with Crippen LogP contribution in [0.15, 0.2) is 22.7 Å². The van der Waals surface area contributed by atoms with Gasteiger partial charge in [0.15, 0.2) is 0 Å². The monoisotopic (exact) mass is 405 g/mol. The first-order valence-electron chi connectivity index (χ1n) is 6.02. The maximum Gasteiger partial charge on any atom is 0.326 e. The van der Waals surface area contributed by atoms with Crippen LogP contribution in [0.1, 0.15) is 12.0 Å². The highest BCUT2D eigenvalue weighted by atomic mass is 79.9. The van der Waals surface area contributed by atoms with E-state index < -0.39 is 12.0 Å². The number of hydrogen-bond acceptors (Lipinski definition) is 3. The van der Waals surface area contributed by atoms with Crippen LogP contribution in [0.25, 0.3) is 0 Å². The van der Waals surface area contributed by atoms with E-state index in [9.17, 15) is 19.8 Å². The standard InChI is InChI=1S/C13H13Br2NO4/c14-8-5-12(18)16(6-8)10(13(19)20)4-7-1-2-11(17)9(15)3-7/h1-3,8,10,17H,4-6H2,(H,19,20)/t8?,10-/m0/s1. The summed E-state index contributed by atoms with van der Waals surface area (Å²) in [6, 6.07) is 3.93. The maximum absolute atomic E-state index is 11.8. The number of nitrogens with zero attached hydrogens (tertiary/aromatic N) is 1. The number of likely N-dealkylation sites (tertiary alicyclic amines) is 1. The molecule has 5 nitrogen and oxygen atoms in total. The average molecular weight is 407 g/mol. The van der Waals surface area contributed by atoms with Gasteiger partial charge in [-0.15, -0.1) is 0 Å². The first kappa shape index (κ1) is 15.3. The summed E-state index contributed by atoms with van der Waals surface area (Å²) in [4.78, 5) is 24.6. The molecule has 1 aliphatic rings. The van der Waals surface area contributed by atoms with E-state index in [1.807, 2.05) is 0 Å². The minimum absolute atomic E-state index is 0.00315. The smallest absolute Gasteiger partial charge is 0.326 e. The number of alkyl halides is 1. The summed E-state index contributed by atoms with van der Waals surface area (Å²) in [7, 11) is 0. The fraction of sp³-hybridized carbons (Fsp3) is 0.385. The number of aliphatic carboxylic acids is 1. The molecule has 108 valence electrons.